The van der Waals surface area contributed by atoms with Crippen LogP contribution in [0.25, 0.3) is 6.08 Å². The molecule has 3 aromatic rings. The summed E-state index contributed by atoms with van der Waals surface area (Å²) in [5, 5.41) is 4.27. The molecule has 0 radical (unpaired) electrons. The van der Waals surface area contributed by atoms with E-state index in [0.29, 0.717) is 23.9 Å². The summed E-state index contributed by atoms with van der Waals surface area (Å²) < 4.78 is 0. The third-order valence-corrected chi connectivity index (χ3v) is 10.7. The van der Waals surface area contributed by atoms with Crippen LogP contribution < -0.4 is 10.2 Å². The van der Waals surface area contributed by atoms with Crippen molar-refractivity contribution in [3.05, 3.63) is 105 Å². The minimum absolute atomic E-state index is 0.0702. The average molecular weight is 629 g/mol. The molecule has 0 bridgehead atoms. The van der Waals surface area contributed by atoms with Crippen LogP contribution in [0.5, 0.6) is 0 Å². The number of piperazine rings is 1. The Kier molecular flexibility index (Phi) is 9.95. The lowest BCUT2D eigenvalue weighted by Gasteiger charge is -2.44. The fourth-order valence-electron chi connectivity index (χ4n) is 6.47. The van der Waals surface area contributed by atoms with Crippen molar-refractivity contribution in [3.8, 4) is 0 Å². The molecule has 2 heterocycles. The summed E-state index contributed by atoms with van der Waals surface area (Å²) >= 11 is 7.91. The number of nitrogens with one attached hydrogen (secondary N) is 1. The molecule has 8 heteroatoms. The second-order valence-electron chi connectivity index (χ2n) is 12.1. The van der Waals surface area contributed by atoms with Crippen molar-refractivity contribution in [2.75, 3.05) is 44.2 Å². The fraction of sp³-hybridized carbons (Fsp3) is 0.389. The molecule has 3 fully saturated rings. The Bertz CT molecular complexity index is 1480. The summed E-state index contributed by atoms with van der Waals surface area (Å²) in [6, 6.07) is 24.4. The smallest absolute Gasteiger partial charge is 0.260 e. The van der Waals surface area contributed by atoms with Gasteiger partial charge in [0, 0.05) is 73.4 Å². The highest BCUT2D eigenvalue weighted by Gasteiger charge is 2.40. The van der Waals surface area contributed by atoms with Gasteiger partial charge in [0.15, 0.2) is 0 Å². The van der Waals surface area contributed by atoms with Crippen LogP contribution in [0.2, 0.25) is 5.02 Å². The van der Waals surface area contributed by atoms with Gasteiger partial charge in [0.1, 0.15) is 0 Å². The summed E-state index contributed by atoms with van der Waals surface area (Å²) in [6.45, 7) is 7.94. The Balaban J connectivity index is 1.02. The number of nitrogens with zero attached hydrogens (tertiary/aromatic N) is 3. The van der Waals surface area contributed by atoms with Gasteiger partial charge in [0.25, 0.3) is 11.8 Å². The van der Waals surface area contributed by atoms with Gasteiger partial charge in [-0.25, -0.2) is 0 Å². The second kappa shape index (κ2) is 14.2. The van der Waals surface area contributed by atoms with Gasteiger partial charge in [-0.15, -0.1) is 11.8 Å². The first-order valence-corrected chi connectivity index (χ1v) is 17.0. The van der Waals surface area contributed by atoms with Crippen LogP contribution in [-0.4, -0.2) is 72.2 Å². The quantitative estimate of drug-likeness (QED) is 0.284. The molecule has 0 aromatic heterocycles. The molecule has 44 heavy (non-hydrogen) atoms. The lowest BCUT2D eigenvalue weighted by atomic mass is 9.92. The van der Waals surface area contributed by atoms with E-state index < -0.39 is 0 Å². The molecule has 6 nitrogen and oxygen atoms in total. The van der Waals surface area contributed by atoms with Crippen molar-refractivity contribution in [3.63, 3.8) is 0 Å². The van der Waals surface area contributed by atoms with Crippen LogP contribution in [-0.2, 0) is 11.3 Å². The number of thioether (sulfide) groups is 1. The first kappa shape index (κ1) is 30.8. The molecule has 2 atom stereocenters. The largest absolute Gasteiger partial charge is 0.369 e. The normalized spacial score (nSPS) is 21.8. The van der Waals surface area contributed by atoms with Crippen LogP contribution in [0.4, 0.5) is 5.69 Å². The number of amides is 2. The maximum Gasteiger partial charge on any atom is 0.260 e. The highest BCUT2D eigenvalue weighted by Crippen LogP contribution is 2.42. The maximum absolute atomic E-state index is 13.7. The molecule has 2 unspecified atom stereocenters. The number of fused-ring (bicyclic) bond motifs is 1. The maximum atomic E-state index is 13.7. The number of anilines is 1. The van der Waals surface area contributed by atoms with Crippen LogP contribution >= 0.6 is 23.4 Å². The molecule has 1 aliphatic carbocycles. The standard InChI is InChI=1S/C36H41ClN4O2S/c1-26-9-11-28(12-10-26)25-41-32-7-2-3-8-33(32)44-34(36(41)43)23-27-13-15-29(16-14-27)35(42)38-17-18-39-19-21-40(22-20-39)31-6-4-5-30(37)24-31/h4-6,9-16,23-24,32-33H,2-3,7-8,17-22,25H2,1H3,(H,38,42)/b34-23+. The van der Waals surface area contributed by atoms with Gasteiger partial charge in [-0.1, -0.05) is 72.5 Å². The highest BCUT2D eigenvalue weighted by atomic mass is 35.5. The summed E-state index contributed by atoms with van der Waals surface area (Å²) in [4.78, 5) is 34.3. The third-order valence-electron chi connectivity index (χ3n) is 9.02. The molecule has 1 saturated carbocycles. The van der Waals surface area contributed by atoms with Crippen molar-refractivity contribution >= 4 is 46.9 Å². The number of halogens is 1. The van der Waals surface area contributed by atoms with Gasteiger partial charge in [-0.3, -0.25) is 14.5 Å². The zero-order chi connectivity index (χ0) is 30.5. The Morgan fingerprint density at radius 3 is 2.48 bits per heavy atom. The van der Waals surface area contributed by atoms with E-state index in [0.717, 1.165) is 66.7 Å². The summed E-state index contributed by atoms with van der Waals surface area (Å²) in [7, 11) is 0. The SMILES string of the molecule is Cc1ccc(CN2C(=O)/C(=C\c3ccc(C(=O)NCCN4CCN(c5cccc(Cl)c5)CC4)cc3)SC3CCCCC32)cc1. The van der Waals surface area contributed by atoms with Gasteiger partial charge < -0.3 is 15.1 Å². The van der Waals surface area contributed by atoms with E-state index in [1.165, 1.54) is 24.0 Å². The van der Waals surface area contributed by atoms with Gasteiger partial charge in [-0.2, -0.15) is 0 Å². The predicted molar refractivity (Wildman–Crippen MR) is 182 cm³/mol. The van der Waals surface area contributed by atoms with E-state index >= 15 is 0 Å². The zero-order valence-electron chi connectivity index (χ0n) is 25.4. The Morgan fingerprint density at radius 2 is 1.73 bits per heavy atom. The number of benzene rings is 3. The number of hydrogen-bond acceptors (Lipinski definition) is 5. The van der Waals surface area contributed by atoms with E-state index in [4.69, 9.17) is 11.6 Å². The molecule has 230 valence electrons. The minimum Gasteiger partial charge on any atom is -0.369 e. The first-order chi connectivity index (χ1) is 21.4. The van der Waals surface area contributed by atoms with Crippen molar-refractivity contribution in [1.29, 1.82) is 0 Å². The summed E-state index contributed by atoms with van der Waals surface area (Å²) in [5.41, 5.74) is 5.14. The Labute approximate surface area is 270 Å². The molecule has 3 aromatic carbocycles. The van der Waals surface area contributed by atoms with Crippen LogP contribution in [0, 0.1) is 6.92 Å². The monoisotopic (exact) mass is 628 g/mol. The van der Waals surface area contributed by atoms with Crippen LogP contribution in [0.1, 0.15) is 52.7 Å². The number of rotatable bonds is 8. The predicted octanol–water partition coefficient (Wildman–Crippen LogP) is 6.63. The topological polar surface area (TPSA) is 55.9 Å². The van der Waals surface area contributed by atoms with E-state index in [1.807, 2.05) is 48.5 Å². The van der Waals surface area contributed by atoms with Crippen LogP contribution in [0.15, 0.2) is 77.7 Å². The van der Waals surface area contributed by atoms with E-state index in [-0.39, 0.29) is 17.9 Å². The lowest BCUT2D eigenvalue weighted by Crippen LogP contribution is -2.50. The minimum atomic E-state index is -0.0702. The summed E-state index contributed by atoms with van der Waals surface area (Å²) in [5.74, 6) is 0.0492. The molecule has 6 rings (SSSR count). The average Bonchev–Trinajstić information content (AvgIpc) is 3.04. The van der Waals surface area contributed by atoms with Gasteiger partial charge in [-0.05, 0) is 67.3 Å². The van der Waals surface area contributed by atoms with E-state index in [9.17, 15) is 9.59 Å². The number of hydrogen-bond donors (Lipinski definition) is 1. The molecular formula is C36H41ClN4O2S. The molecule has 0 spiro atoms. The fourth-order valence-corrected chi connectivity index (χ4v) is 8.12. The molecule has 2 saturated heterocycles. The third kappa shape index (κ3) is 7.51. The summed E-state index contributed by atoms with van der Waals surface area (Å²) in [6.07, 6.45) is 6.62. The Hall–Kier alpha value is -3.26. The Morgan fingerprint density at radius 1 is 0.977 bits per heavy atom. The molecule has 1 N–H and O–H groups in total. The molecule has 2 amide bonds. The van der Waals surface area contributed by atoms with E-state index in [2.05, 4.69) is 57.3 Å². The van der Waals surface area contributed by atoms with E-state index in [1.54, 1.807) is 11.8 Å². The van der Waals surface area contributed by atoms with Crippen molar-refractivity contribution in [1.82, 2.24) is 15.1 Å². The second-order valence-corrected chi connectivity index (χ2v) is 13.8. The van der Waals surface area contributed by atoms with Crippen LogP contribution in [0.3, 0.4) is 0 Å². The number of carbonyl (C=O) groups excluding carboxylic acids is 2. The molecular weight excluding hydrogens is 588 g/mol. The van der Waals surface area contributed by atoms with Crippen molar-refractivity contribution in [2.24, 2.45) is 0 Å². The lowest BCUT2D eigenvalue weighted by molar-refractivity contribution is -0.130. The van der Waals surface area contributed by atoms with Gasteiger partial charge in [0.2, 0.25) is 0 Å². The van der Waals surface area contributed by atoms with Gasteiger partial charge >= 0.3 is 0 Å². The number of carbonyl (C=O) groups is 2. The van der Waals surface area contributed by atoms with Crippen molar-refractivity contribution < 1.29 is 9.59 Å². The highest BCUT2D eigenvalue weighted by molar-refractivity contribution is 8.04. The first-order valence-electron chi connectivity index (χ1n) is 15.8. The van der Waals surface area contributed by atoms with Gasteiger partial charge in [0.05, 0.1) is 4.91 Å². The zero-order valence-corrected chi connectivity index (χ0v) is 27.0. The number of aryl methyl sites for hydroxylation is 1. The molecule has 2 aliphatic heterocycles. The molecule has 3 aliphatic rings. The van der Waals surface area contributed by atoms with Crippen molar-refractivity contribution in [2.45, 2.75) is 50.4 Å².